The van der Waals surface area contributed by atoms with Gasteiger partial charge in [0, 0.05) is 36.1 Å². The maximum Gasteiger partial charge on any atom is 0.0456 e. The monoisotopic (exact) mass is 262 g/mol. The lowest BCUT2D eigenvalue weighted by molar-refractivity contribution is 0.296. The summed E-state index contributed by atoms with van der Waals surface area (Å²) in [5.74, 6) is 0.462. The molecule has 20 heavy (non-hydrogen) atoms. The highest BCUT2D eigenvalue weighted by Crippen LogP contribution is 2.36. The fraction of sp³-hybridized carbons (Fsp3) is 0.222. The van der Waals surface area contributed by atoms with Gasteiger partial charge in [-0.3, -0.25) is 0 Å². The van der Waals surface area contributed by atoms with Crippen molar-refractivity contribution in [2.45, 2.75) is 12.5 Å². The van der Waals surface area contributed by atoms with Gasteiger partial charge in [0.05, 0.1) is 0 Å². The zero-order valence-corrected chi connectivity index (χ0v) is 11.6. The zero-order chi connectivity index (χ0) is 13.5. The van der Waals surface area contributed by atoms with Crippen LogP contribution in [-0.4, -0.2) is 23.5 Å². The molecular weight excluding hydrogens is 244 g/mol. The molecule has 2 nitrogen and oxygen atoms in total. The second-order valence-electron chi connectivity index (χ2n) is 5.73. The summed E-state index contributed by atoms with van der Waals surface area (Å²) >= 11 is 0. The topological polar surface area (TPSA) is 19.0 Å². The number of aromatic amines is 1. The molecule has 0 saturated heterocycles. The third-order valence-corrected chi connectivity index (χ3v) is 4.37. The fourth-order valence-electron chi connectivity index (χ4n) is 3.46. The number of benzene rings is 2. The first-order valence-corrected chi connectivity index (χ1v) is 7.15. The maximum absolute atomic E-state index is 3.32. The lowest BCUT2D eigenvalue weighted by Crippen LogP contribution is -2.30. The first-order chi connectivity index (χ1) is 9.83. The van der Waals surface area contributed by atoms with Crippen molar-refractivity contribution in [2.24, 2.45) is 0 Å². The van der Waals surface area contributed by atoms with Crippen LogP contribution in [0.5, 0.6) is 0 Å². The molecule has 0 fully saturated rings. The largest absolute Gasteiger partial charge is 0.361 e. The number of fused-ring (bicyclic) bond motifs is 2. The van der Waals surface area contributed by atoms with E-state index >= 15 is 0 Å². The second-order valence-corrected chi connectivity index (χ2v) is 5.73. The number of likely N-dealkylation sites (N-methyl/N-ethyl adjacent to an activating group) is 1. The molecule has 0 unspecified atom stereocenters. The number of hydrogen-bond acceptors (Lipinski definition) is 1. The molecule has 2 heteroatoms. The van der Waals surface area contributed by atoms with Crippen LogP contribution in [0.1, 0.15) is 22.6 Å². The van der Waals surface area contributed by atoms with Gasteiger partial charge in [0.15, 0.2) is 0 Å². The molecule has 2 aromatic carbocycles. The Morgan fingerprint density at radius 1 is 1.00 bits per heavy atom. The minimum Gasteiger partial charge on any atom is -0.361 e. The Morgan fingerprint density at radius 3 is 2.80 bits per heavy atom. The third kappa shape index (κ3) is 1.76. The van der Waals surface area contributed by atoms with E-state index < -0.39 is 0 Å². The summed E-state index contributed by atoms with van der Waals surface area (Å²) in [5, 5.41) is 1.35. The summed E-state index contributed by atoms with van der Waals surface area (Å²) in [6.45, 7) is 2.14. The van der Waals surface area contributed by atoms with Crippen LogP contribution >= 0.6 is 0 Å². The lowest BCUT2D eigenvalue weighted by Gasteiger charge is -2.33. The number of H-pyrrole nitrogens is 1. The average molecular weight is 262 g/mol. The van der Waals surface area contributed by atoms with Crippen LogP contribution in [0.2, 0.25) is 0 Å². The van der Waals surface area contributed by atoms with E-state index in [0.717, 1.165) is 13.1 Å². The van der Waals surface area contributed by atoms with Gasteiger partial charge in [-0.15, -0.1) is 0 Å². The van der Waals surface area contributed by atoms with Gasteiger partial charge in [-0.25, -0.2) is 0 Å². The number of hydrogen-bond donors (Lipinski definition) is 1. The van der Waals surface area contributed by atoms with Crippen LogP contribution in [0.25, 0.3) is 10.9 Å². The van der Waals surface area contributed by atoms with Crippen molar-refractivity contribution in [1.29, 1.82) is 0 Å². The Morgan fingerprint density at radius 2 is 1.85 bits per heavy atom. The highest BCUT2D eigenvalue weighted by Gasteiger charge is 2.25. The number of rotatable bonds is 1. The van der Waals surface area contributed by atoms with Crippen molar-refractivity contribution < 1.29 is 0 Å². The Bertz CT molecular complexity index is 757. The molecule has 0 saturated carbocycles. The van der Waals surface area contributed by atoms with Gasteiger partial charge in [-0.1, -0.05) is 36.4 Å². The standard InChI is InChI=1S/C18H18N2/c1-20-11-13-5-2-3-6-14(13)17(12-20)15-7-4-8-18-16(15)9-10-19-18/h2-10,17,19H,11-12H2,1H3/t17-/m1/s1. The summed E-state index contributed by atoms with van der Waals surface area (Å²) < 4.78 is 0. The van der Waals surface area contributed by atoms with Crippen LogP contribution in [0.15, 0.2) is 54.7 Å². The quantitative estimate of drug-likeness (QED) is 0.707. The van der Waals surface area contributed by atoms with Gasteiger partial charge in [-0.2, -0.15) is 0 Å². The first-order valence-electron chi connectivity index (χ1n) is 7.15. The van der Waals surface area contributed by atoms with Crippen molar-refractivity contribution in [3.05, 3.63) is 71.4 Å². The normalized spacial score (nSPS) is 19.1. The molecule has 1 aliphatic rings. The van der Waals surface area contributed by atoms with E-state index in [1.807, 2.05) is 6.20 Å². The molecule has 1 aromatic heterocycles. The zero-order valence-electron chi connectivity index (χ0n) is 11.6. The summed E-state index contributed by atoms with van der Waals surface area (Å²) in [5.41, 5.74) is 5.61. The molecule has 0 radical (unpaired) electrons. The number of nitrogens with zero attached hydrogens (tertiary/aromatic N) is 1. The molecular formula is C18H18N2. The van der Waals surface area contributed by atoms with Gasteiger partial charge >= 0.3 is 0 Å². The van der Waals surface area contributed by atoms with E-state index in [2.05, 4.69) is 65.5 Å². The summed E-state index contributed by atoms with van der Waals surface area (Å²) in [6.07, 6.45) is 2.03. The van der Waals surface area contributed by atoms with Crippen LogP contribution < -0.4 is 0 Å². The van der Waals surface area contributed by atoms with E-state index in [1.165, 1.54) is 27.6 Å². The van der Waals surface area contributed by atoms with Gasteiger partial charge < -0.3 is 9.88 Å². The van der Waals surface area contributed by atoms with Crippen molar-refractivity contribution in [1.82, 2.24) is 9.88 Å². The highest BCUT2D eigenvalue weighted by molar-refractivity contribution is 5.84. The van der Waals surface area contributed by atoms with E-state index in [1.54, 1.807) is 0 Å². The Balaban J connectivity index is 1.92. The van der Waals surface area contributed by atoms with E-state index in [9.17, 15) is 0 Å². The average Bonchev–Trinajstić information content (AvgIpc) is 2.94. The lowest BCUT2D eigenvalue weighted by atomic mass is 9.83. The second kappa shape index (κ2) is 4.50. The SMILES string of the molecule is CN1Cc2ccccc2[C@H](c2cccc3[nH]ccc23)C1. The molecule has 0 bridgehead atoms. The van der Waals surface area contributed by atoms with Gasteiger partial charge in [-0.05, 0) is 35.9 Å². The Kier molecular flexibility index (Phi) is 2.64. The van der Waals surface area contributed by atoms with E-state index in [-0.39, 0.29) is 0 Å². The van der Waals surface area contributed by atoms with Crippen LogP contribution in [0.4, 0.5) is 0 Å². The Hall–Kier alpha value is -2.06. The minimum absolute atomic E-state index is 0.462. The summed E-state index contributed by atoms with van der Waals surface area (Å²) in [6, 6.07) is 17.6. The summed E-state index contributed by atoms with van der Waals surface area (Å²) in [7, 11) is 2.21. The molecule has 3 aromatic rings. The van der Waals surface area contributed by atoms with Gasteiger partial charge in [0.1, 0.15) is 0 Å². The minimum atomic E-state index is 0.462. The van der Waals surface area contributed by atoms with Crippen molar-refractivity contribution in [3.8, 4) is 0 Å². The first kappa shape index (κ1) is 11.7. The molecule has 100 valence electrons. The predicted octanol–water partition coefficient (Wildman–Crippen LogP) is 3.75. The Labute approximate surface area is 119 Å². The molecule has 0 amide bonds. The van der Waals surface area contributed by atoms with E-state index in [0.29, 0.717) is 5.92 Å². The van der Waals surface area contributed by atoms with Crippen LogP contribution in [-0.2, 0) is 6.54 Å². The van der Waals surface area contributed by atoms with Crippen molar-refractivity contribution in [3.63, 3.8) is 0 Å². The van der Waals surface area contributed by atoms with Gasteiger partial charge in [0.2, 0.25) is 0 Å². The van der Waals surface area contributed by atoms with Crippen molar-refractivity contribution in [2.75, 3.05) is 13.6 Å². The van der Waals surface area contributed by atoms with Gasteiger partial charge in [0.25, 0.3) is 0 Å². The molecule has 1 N–H and O–H groups in total. The summed E-state index contributed by atoms with van der Waals surface area (Å²) in [4.78, 5) is 5.74. The molecule has 0 aliphatic carbocycles. The maximum atomic E-state index is 3.32. The number of nitrogens with one attached hydrogen (secondary N) is 1. The molecule has 1 atom stereocenters. The third-order valence-electron chi connectivity index (χ3n) is 4.37. The fourth-order valence-corrected chi connectivity index (χ4v) is 3.46. The predicted molar refractivity (Wildman–Crippen MR) is 82.9 cm³/mol. The number of aromatic nitrogens is 1. The van der Waals surface area contributed by atoms with Crippen molar-refractivity contribution >= 4 is 10.9 Å². The molecule has 1 aliphatic heterocycles. The van der Waals surface area contributed by atoms with Crippen LogP contribution in [0, 0.1) is 0 Å². The highest BCUT2D eigenvalue weighted by atomic mass is 15.1. The van der Waals surface area contributed by atoms with E-state index in [4.69, 9.17) is 0 Å². The molecule has 0 spiro atoms. The molecule has 2 heterocycles. The smallest absolute Gasteiger partial charge is 0.0456 e. The van der Waals surface area contributed by atoms with Crippen LogP contribution in [0.3, 0.4) is 0 Å². The molecule has 4 rings (SSSR count).